The van der Waals surface area contributed by atoms with Gasteiger partial charge in [-0.1, -0.05) is 19.3 Å². The van der Waals surface area contributed by atoms with Gasteiger partial charge in [-0.05, 0) is 45.1 Å². The summed E-state index contributed by atoms with van der Waals surface area (Å²) >= 11 is 0. The summed E-state index contributed by atoms with van der Waals surface area (Å²) in [6.45, 7) is 5.77. The lowest BCUT2D eigenvalue weighted by Crippen LogP contribution is -2.48. The molecule has 1 N–H and O–H groups in total. The molecule has 1 aromatic rings. The van der Waals surface area contributed by atoms with Crippen LogP contribution in [0.3, 0.4) is 0 Å². The number of nitrogens with zero attached hydrogens (tertiary/aromatic N) is 3. The van der Waals surface area contributed by atoms with Crippen molar-refractivity contribution in [1.29, 1.82) is 0 Å². The van der Waals surface area contributed by atoms with Crippen LogP contribution in [0.25, 0.3) is 0 Å². The van der Waals surface area contributed by atoms with E-state index in [-0.39, 0.29) is 23.4 Å². The van der Waals surface area contributed by atoms with E-state index in [0.29, 0.717) is 44.1 Å². The maximum atomic E-state index is 12.6. The Morgan fingerprint density at radius 1 is 1.18 bits per heavy atom. The molecule has 0 radical (unpaired) electrons. The van der Waals surface area contributed by atoms with Crippen LogP contribution in [0.4, 0.5) is 0 Å². The molecule has 2 fully saturated rings. The fourth-order valence-corrected chi connectivity index (χ4v) is 4.47. The first kappa shape index (κ1) is 20.6. The highest BCUT2D eigenvalue weighted by atomic mass is 16.2. The summed E-state index contributed by atoms with van der Waals surface area (Å²) in [4.78, 5) is 42.7. The second kappa shape index (κ2) is 9.34. The Labute approximate surface area is 166 Å². The molecule has 2 aliphatic rings. The molecule has 3 rings (SSSR count). The maximum Gasteiger partial charge on any atom is 0.348 e. The molecule has 1 saturated heterocycles. The first-order chi connectivity index (χ1) is 13.4. The van der Waals surface area contributed by atoms with Crippen molar-refractivity contribution < 1.29 is 9.59 Å². The third kappa shape index (κ3) is 5.20. The number of aromatic nitrogens is 2. The van der Waals surface area contributed by atoms with Crippen molar-refractivity contribution in [3.05, 3.63) is 27.9 Å². The highest BCUT2D eigenvalue weighted by Gasteiger charge is 2.31. The number of rotatable bonds is 6. The number of hydrogen-bond donors (Lipinski definition) is 1. The van der Waals surface area contributed by atoms with E-state index in [1.165, 1.54) is 32.1 Å². The average Bonchev–Trinajstić information content (AvgIpc) is 2.66. The molecule has 0 spiro atoms. The number of aryl methyl sites for hydroxylation is 2. The van der Waals surface area contributed by atoms with Gasteiger partial charge >= 0.3 is 5.69 Å². The van der Waals surface area contributed by atoms with Gasteiger partial charge in [0.2, 0.25) is 11.8 Å². The van der Waals surface area contributed by atoms with Gasteiger partial charge in [0.1, 0.15) is 0 Å². The van der Waals surface area contributed by atoms with E-state index in [1.807, 2.05) is 17.9 Å². The molecule has 1 aliphatic carbocycles. The Balaban J connectivity index is 1.50. The first-order valence-corrected chi connectivity index (χ1v) is 10.5. The van der Waals surface area contributed by atoms with Gasteiger partial charge in [-0.25, -0.2) is 4.79 Å². The third-order valence-electron chi connectivity index (χ3n) is 6.06. The van der Waals surface area contributed by atoms with E-state index in [1.54, 1.807) is 11.5 Å². The number of carbonyl (C=O) groups excluding carboxylic acids is 2. The number of likely N-dealkylation sites (tertiary alicyclic amines) is 1. The van der Waals surface area contributed by atoms with Crippen LogP contribution in [0.5, 0.6) is 0 Å². The van der Waals surface area contributed by atoms with Crippen LogP contribution >= 0.6 is 0 Å². The normalized spacial score (nSPS) is 21.0. The Kier molecular flexibility index (Phi) is 6.86. The molecule has 1 atom stereocenters. The fraction of sp³-hybridized carbons (Fsp3) is 0.714. The summed E-state index contributed by atoms with van der Waals surface area (Å²) < 4.78 is 1.58. The monoisotopic (exact) mass is 388 g/mol. The molecule has 2 heterocycles. The predicted molar refractivity (Wildman–Crippen MR) is 107 cm³/mol. The van der Waals surface area contributed by atoms with Crippen LogP contribution in [0.15, 0.2) is 10.9 Å². The summed E-state index contributed by atoms with van der Waals surface area (Å²) in [6, 6.07) is 1.86. The summed E-state index contributed by atoms with van der Waals surface area (Å²) in [5.74, 6) is 0.591. The molecule has 7 nitrogen and oxygen atoms in total. The van der Waals surface area contributed by atoms with Crippen molar-refractivity contribution in [3.8, 4) is 0 Å². The van der Waals surface area contributed by atoms with Crippen molar-refractivity contribution in [1.82, 2.24) is 19.8 Å². The highest BCUT2D eigenvalue weighted by molar-refractivity contribution is 5.83. The van der Waals surface area contributed by atoms with E-state index in [0.717, 1.165) is 12.2 Å². The van der Waals surface area contributed by atoms with Crippen molar-refractivity contribution in [2.75, 3.05) is 19.6 Å². The Morgan fingerprint density at radius 2 is 1.93 bits per heavy atom. The average molecular weight is 389 g/mol. The highest BCUT2D eigenvalue weighted by Crippen LogP contribution is 2.27. The minimum atomic E-state index is -0.284. The summed E-state index contributed by atoms with van der Waals surface area (Å²) in [5, 5.41) is 2.94. The van der Waals surface area contributed by atoms with Crippen LogP contribution in [0.2, 0.25) is 0 Å². The van der Waals surface area contributed by atoms with Crippen LogP contribution in [0.1, 0.15) is 56.3 Å². The van der Waals surface area contributed by atoms with Crippen molar-refractivity contribution >= 4 is 11.8 Å². The van der Waals surface area contributed by atoms with Gasteiger partial charge in [-0.2, -0.15) is 4.98 Å². The molecule has 1 saturated carbocycles. The standard InChI is InChI=1S/C21H32N4O3/c1-15-12-16(2)25(21(28)23-15)11-10-22-20(27)18-8-9-19(26)24(14-18)13-17-6-4-3-5-7-17/h12,17-18H,3-11,13-14H2,1-2H3,(H,22,27)/t18-/m1/s1. The van der Waals surface area contributed by atoms with E-state index < -0.39 is 0 Å². The zero-order valence-electron chi connectivity index (χ0n) is 17.1. The van der Waals surface area contributed by atoms with Crippen LogP contribution < -0.4 is 11.0 Å². The first-order valence-electron chi connectivity index (χ1n) is 10.5. The van der Waals surface area contributed by atoms with Crippen LogP contribution in [-0.4, -0.2) is 45.9 Å². The maximum absolute atomic E-state index is 12.6. The zero-order valence-corrected chi connectivity index (χ0v) is 17.1. The third-order valence-corrected chi connectivity index (χ3v) is 6.06. The van der Waals surface area contributed by atoms with E-state index in [4.69, 9.17) is 0 Å². The van der Waals surface area contributed by atoms with Crippen LogP contribution in [-0.2, 0) is 16.1 Å². The van der Waals surface area contributed by atoms with Gasteiger partial charge in [0, 0.05) is 44.0 Å². The van der Waals surface area contributed by atoms with Gasteiger partial charge in [0.25, 0.3) is 0 Å². The van der Waals surface area contributed by atoms with Gasteiger partial charge in [0.05, 0.1) is 5.92 Å². The van der Waals surface area contributed by atoms with Gasteiger partial charge in [-0.3, -0.25) is 14.2 Å². The van der Waals surface area contributed by atoms with Gasteiger partial charge in [0.15, 0.2) is 0 Å². The minimum absolute atomic E-state index is 0.0214. The van der Waals surface area contributed by atoms with Crippen molar-refractivity contribution in [2.45, 2.75) is 65.3 Å². The Bertz CT molecular complexity index is 767. The molecule has 7 heteroatoms. The molecule has 154 valence electrons. The number of amides is 2. The molecular formula is C21H32N4O3. The Morgan fingerprint density at radius 3 is 2.64 bits per heavy atom. The van der Waals surface area contributed by atoms with Crippen LogP contribution in [0, 0.1) is 25.7 Å². The fourth-order valence-electron chi connectivity index (χ4n) is 4.47. The minimum Gasteiger partial charge on any atom is -0.354 e. The van der Waals surface area contributed by atoms with Crippen molar-refractivity contribution in [2.24, 2.45) is 11.8 Å². The van der Waals surface area contributed by atoms with E-state index >= 15 is 0 Å². The summed E-state index contributed by atoms with van der Waals surface area (Å²) in [5.41, 5.74) is 1.26. The number of nitrogens with one attached hydrogen (secondary N) is 1. The van der Waals surface area contributed by atoms with E-state index in [2.05, 4.69) is 10.3 Å². The Hall–Kier alpha value is -2.18. The molecule has 28 heavy (non-hydrogen) atoms. The molecule has 1 aliphatic heterocycles. The molecule has 1 aromatic heterocycles. The topological polar surface area (TPSA) is 84.3 Å². The number of hydrogen-bond acceptors (Lipinski definition) is 4. The number of piperidine rings is 1. The zero-order chi connectivity index (χ0) is 20.1. The lowest BCUT2D eigenvalue weighted by Gasteiger charge is -2.35. The molecular weight excluding hydrogens is 356 g/mol. The molecule has 0 unspecified atom stereocenters. The second-order valence-electron chi connectivity index (χ2n) is 8.30. The lowest BCUT2D eigenvalue weighted by atomic mass is 9.87. The quantitative estimate of drug-likeness (QED) is 0.805. The van der Waals surface area contributed by atoms with E-state index in [9.17, 15) is 14.4 Å². The second-order valence-corrected chi connectivity index (χ2v) is 8.30. The molecule has 2 amide bonds. The molecule has 0 aromatic carbocycles. The largest absolute Gasteiger partial charge is 0.354 e. The summed E-state index contributed by atoms with van der Waals surface area (Å²) in [7, 11) is 0. The number of carbonyl (C=O) groups is 2. The van der Waals surface area contributed by atoms with Gasteiger partial charge in [-0.15, -0.1) is 0 Å². The molecule has 0 bridgehead atoms. The van der Waals surface area contributed by atoms with Crippen molar-refractivity contribution in [3.63, 3.8) is 0 Å². The van der Waals surface area contributed by atoms with Gasteiger partial charge < -0.3 is 10.2 Å². The smallest absolute Gasteiger partial charge is 0.348 e. The predicted octanol–water partition coefficient (Wildman–Crippen LogP) is 1.80. The summed E-state index contributed by atoms with van der Waals surface area (Å²) in [6.07, 6.45) is 7.25. The SMILES string of the molecule is Cc1cc(C)n(CCNC(=O)[C@@H]2CCC(=O)N(CC3CCCCC3)C2)c(=O)n1. The lowest BCUT2D eigenvalue weighted by molar-refractivity contribution is -0.139.